The second-order valence-electron chi connectivity index (χ2n) is 4.53. The highest BCUT2D eigenvalue weighted by molar-refractivity contribution is 7.17. The van der Waals surface area contributed by atoms with Gasteiger partial charge in [0.15, 0.2) is 0 Å². The number of carbonyl (C=O) groups is 1. The van der Waals surface area contributed by atoms with Crippen LogP contribution in [-0.4, -0.2) is 39.3 Å². The van der Waals surface area contributed by atoms with E-state index in [1.165, 1.54) is 15.6 Å². The maximum Gasteiger partial charge on any atom is 0.233 e. The van der Waals surface area contributed by atoms with Crippen molar-refractivity contribution in [3.63, 3.8) is 0 Å². The molecule has 0 aliphatic carbocycles. The van der Waals surface area contributed by atoms with E-state index in [0.29, 0.717) is 26.2 Å². The average Bonchev–Trinajstić information content (AvgIpc) is 2.87. The van der Waals surface area contributed by atoms with Gasteiger partial charge in [-0.25, -0.2) is 0 Å². The Bertz CT molecular complexity index is 554. The Hall–Kier alpha value is -1.43. The van der Waals surface area contributed by atoms with Crippen LogP contribution in [0.15, 0.2) is 29.6 Å². The molecule has 0 aliphatic heterocycles. The molecule has 5 heteroatoms. The monoisotopic (exact) mass is 292 g/mol. The SMILES string of the molecule is COCCNCC(=O)NCCc1csc2ccccc12. The van der Waals surface area contributed by atoms with Gasteiger partial charge in [-0.1, -0.05) is 18.2 Å². The van der Waals surface area contributed by atoms with Crippen molar-refractivity contribution in [1.29, 1.82) is 0 Å². The number of rotatable bonds is 8. The van der Waals surface area contributed by atoms with Crippen LogP contribution in [-0.2, 0) is 16.0 Å². The summed E-state index contributed by atoms with van der Waals surface area (Å²) < 4.78 is 6.20. The lowest BCUT2D eigenvalue weighted by molar-refractivity contribution is -0.120. The smallest absolute Gasteiger partial charge is 0.233 e. The highest BCUT2D eigenvalue weighted by Crippen LogP contribution is 2.25. The van der Waals surface area contributed by atoms with Gasteiger partial charge in [-0.05, 0) is 28.8 Å². The Morgan fingerprint density at radius 1 is 1.30 bits per heavy atom. The van der Waals surface area contributed by atoms with Gasteiger partial charge >= 0.3 is 0 Å². The summed E-state index contributed by atoms with van der Waals surface area (Å²) >= 11 is 1.75. The molecule has 1 aromatic heterocycles. The van der Waals surface area contributed by atoms with E-state index in [4.69, 9.17) is 4.74 Å². The third kappa shape index (κ3) is 4.30. The van der Waals surface area contributed by atoms with Crippen molar-refractivity contribution in [1.82, 2.24) is 10.6 Å². The van der Waals surface area contributed by atoms with Crippen molar-refractivity contribution < 1.29 is 9.53 Å². The summed E-state index contributed by atoms with van der Waals surface area (Å²) in [5.74, 6) is 0.0284. The summed E-state index contributed by atoms with van der Waals surface area (Å²) in [5, 5.41) is 9.42. The molecule has 0 atom stereocenters. The van der Waals surface area contributed by atoms with Crippen LogP contribution in [0, 0.1) is 0 Å². The molecule has 0 saturated carbocycles. The topological polar surface area (TPSA) is 50.4 Å². The summed E-state index contributed by atoms with van der Waals surface area (Å²) in [6.45, 7) is 2.33. The minimum absolute atomic E-state index is 0.0284. The molecule has 0 unspecified atom stereocenters. The number of thiophene rings is 1. The minimum atomic E-state index is 0.0284. The molecule has 0 saturated heterocycles. The van der Waals surface area contributed by atoms with Gasteiger partial charge in [0, 0.05) is 24.9 Å². The summed E-state index contributed by atoms with van der Waals surface area (Å²) in [4.78, 5) is 11.6. The molecule has 0 aliphatic rings. The van der Waals surface area contributed by atoms with Crippen LogP contribution in [0.25, 0.3) is 10.1 Å². The molecule has 1 amide bonds. The highest BCUT2D eigenvalue weighted by Gasteiger charge is 2.04. The van der Waals surface area contributed by atoms with Gasteiger partial charge in [-0.15, -0.1) is 11.3 Å². The molecular formula is C15H20N2O2S. The summed E-state index contributed by atoms with van der Waals surface area (Å²) in [6.07, 6.45) is 0.869. The molecule has 0 radical (unpaired) electrons. The Kier molecular flexibility index (Phi) is 5.98. The van der Waals surface area contributed by atoms with Crippen molar-refractivity contribution in [3.8, 4) is 0 Å². The van der Waals surface area contributed by atoms with E-state index in [-0.39, 0.29) is 5.91 Å². The number of hydrogen-bond donors (Lipinski definition) is 2. The van der Waals surface area contributed by atoms with E-state index in [0.717, 1.165) is 6.42 Å². The van der Waals surface area contributed by atoms with Crippen molar-refractivity contribution >= 4 is 27.3 Å². The van der Waals surface area contributed by atoms with Gasteiger partial charge in [0.25, 0.3) is 0 Å². The van der Waals surface area contributed by atoms with Crippen molar-refractivity contribution in [2.24, 2.45) is 0 Å². The molecule has 2 N–H and O–H groups in total. The van der Waals surface area contributed by atoms with E-state index >= 15 is 0 Å². The number of nitrogens with one attached hydrogen (secondary N) is 2. The molecule has 2 rings (SSSR count). The minimum Gasteiger partial charge on any atom is -0.383 e. The van der Waals surface area contributed by atoms with E-state index in [1.54, 1.807) is 18.4 Å². The summed E-state index contributed by atoms with van der Waals surface area (Å²) in [6, 6.07) is 8.37. The highest BCUT2D eigenvalue weighted by atomic mass is 32.1. The molecule has 1 aromatic carbocycles. The van der Waals surface area contributed by atoms with Crippen LogP contribution < -0.4 is 10.6 Å². The Morgan fingerprint density at radius 3 is 3.00 bits per heavy atom. The first-order valence-electron chi connectivity index (χ1n) is 6.72. The molecular weight excluding hydrogens is 272 g/mol. The summed E-state index contributed by atoms with van der Waals surface area (Å²) in [5.41, 5.74) is 1.30. The van der Waals surface area contributed by atoms with Gasteiger partial charge in [-0.2, -0.15) is 0 Å². The van der Waals surface area contributed by atoms with E-state index < -0.39 is 0 Å². The lowest BCUT2D eigenvalue weighted by Crippen LogP contribution is -2.36. The average molecular weight is 292 g/mol. The van der Waals surface area contributed by atoms with E-state index in [9.17, 15) is 4.79 Å². The second kappa shape index (κ2) is 7.99. The van der Waals surface area contributed by atoms with Crippen molar-refractivity contribution in [2.45, 2.75) is 6.42 Å². The third-order valence-corrected chi connectivity index (χ3v) is 4.06. The molecule has 108 valence electrons. The van der Waals surface area contributed by atoms with E-state index in [1.807, 2.05) is 0 Å². The Labute approximate surface area is 123 Å². The lowest BCUT2D eigenvalue weighted by Gasteiger charge is -2.06. The third-order valence-electron chi connectivity index (χ3n) is 3.05. The first-order valence-corrected chi connectivity index (χ1v) is 7.60. The molecule has 4 nitrogen and oxygen atoms in total. The maximum absolute atomic E-state index is 11.6. The fourth-order valence-corrected chi connectivity index (χ4v) is 3.00. The van der Waals surface area contributed by atoms with Gasteiger partial charge in [0.05, 0.1) is 13.2 Å². The van der Waals surface area contributed by atoms with Crippen LogP contribution in [0.5, 0.6) is 0 Å². The van der Waals surface area contributed by atoms with Crippen LogP contribution >= 0.6 is 11.3 Å². The number of methoxy groups -OCH3 is 1. The first-order chi connectivity index (χ1) is 9.81. The first kappa shape index (κ1) is 15.0. The lowest BCUT2D eigenvalue weighted by atomic mass is 10.1. The Balaban J connectivity index is 1.71. The van der Waals surface area contributed by atoms with Gasteiger partial charge in [0.1, 0.15) is 0 Å². The quantitative estimate of drug-likeness (QED) is 0.729. The zero-order valence-electron chi connectivity index (χ0n) is 11.6. The van der Waals surface area contributed by atoms with Gasteiger partial charge < -0.3 is 15.4 Å². The van der Waals surface area contributed by atoms with Gasteiger partial charge in [0.2, 0.25) is 5.91 Å². The molecule has 0 bridgehead atoms. The van der Waals surface area contributed by atoms with E-state index in [2.05, 4.69) is 40.3 Å². The van der Waals surface area contributed by atoms with Gasteiger partial charge in [-0.3, -0.25) is 4.79 Å². The second-order valence-corrected chi connectivity index (χ2v) is 5.44. The fourth-order valence-electron chi connectivity index (χ4n) is 2.00. The maximum atomic E-state index is 11.6. The number of carbonyl (C=O) groups excluding carboxylic acids is 1. The molecule has 20 heavy (non-hydrogen) atoms. The fraction of sp³-hybridized carbons (Fsp3) is 0.400. The van der Waals surface area contributed by atoms with Crippen molar-refractivity contribution in [2.75, 3.05) is 33.4 Å². The number of ether oxygens (including phenoxy) is 1. The predicted molar refractivity (Wildman–Crippen MR) is 83.3 cm³/mol. The number of hydrogen-bond acceptors (Lipinski definition) is 4. The van der Waals surface area contributed by atoms with Crippen LogP contribution in [0.3, 0.4) is 0 Å². The number of benzene rings is 1. The van der Waals surface area contributed by atoms with Crippen LogP contribution in [0.2, 0.25) is 0 Å². The normalized spacial score (nSPS) is 10.8. The van der Waals surface area contributed by atoms with Crippen LogP contribution in [0.4, 0.5) is 0 Å². The molecule has 0 spiro atoms. The molecule has 2 aromatic rings. The molecule has 1 heterocycles. The molecule has 0 fully saturated rings. The predicted octanol–water partition coefficient (Wildman–Crippen LogP) is 1.80. The largest absolute Gasteiger partial charge is 0.383 e. The Morgan fingerprint density at radius 2 is 2.15 bits per heavy atom. The summed E-state index contributed by atoms with van der Waals surface area (Å²) in [7, 11) is 1.65. The van der Waals surface area contributed by atoms with Crippen LogP contribution in [0.1, 0.15) is 5.56 Å². The van der Waals surface area contributed by atoms with Crippen molar-refractivity contribution in [3.05, 3.63) is 35.2 Å². The standard InChI is InChI=1S/C15H20N2O2S/c1-19-9-8-16-10-15(18)17-7-6-12-11-20-14-5-3-2-4-13(12)14/h2-5,11,16H,6-10H2,1H3,(H,17,18). The zero-order valence-corrected chi connectivity index (χ0v) is 12.5. The number of fused-ring (bicyclic) bond motifs is 1. The number of amides is 1. The zero-order chi connectivity index (χ0) is 14.2.